The first kappa shape index (κ1) is 15.1. The van der Waals surface area contributed by atoms with Crippen molar-refractivity contribution in [1.29, 1.82) is 0 Å². The van der Waals surface area contributed by atoms with Crippen LogP contribution in [0.4, 0.5) is 0 Å². The quantitative estimate of drug-likeness (QED) is 0.869. The summed E-state index contributed by atoms with van der Waals surface area (Å²) in [5.74, 6) is 1.70. The number of methoxy groups -OCH3 is 2. The van der Waals surface area contributed by atoms with Crippen molar-refractivity contribution >= 4 is 0 Å². The molecule has 2 rings (SSSR count). The summed E-state index contributed by atoms with van der Waals surface area (Å²) in [6.07, 6.45) is 3.61. The van der Waals surface area contributed by atoms with Crippen LogP contribution in [0.3, 0.4) is 0 Å². The van der Waals surface area contributed by atoms with Crippen LogP contribution in [0.5, 0.6) is 11.5 Å². The van der Waals surface area contributed by atoms with Crippen LogP contribution in [0.25, 0.3) is 0 Å². The maximum absolute atomic E-state index is 5.97. The maximum Gasteiger partial charge on any atom is 0.127 e. The van der Waals surface area contributed by atoms with Crippen molar-refractivity contribution in [3.63, 3.8) is 0 Å². The number of hydrogen-bond acceptors (Lipinski definition) is 4. The van der Waals surface area contributed by atoms with Crippen molar-refractivity contribution in [2.75, 3.05) is 27.4 Å². The van der Waals surface area contributed by atoms with Crippen LogP contribution < -0.4 is 14.8 Å². The van der Waals surface area contributed by atoms with Gasteiger partial charge in [-0.25, -0.2) is 0 Å². The molecule has 1 aliphatic rings. The molecule has 2 atom stereocenters. The lowest BCUT2D eigenvalue weighted by Crippen LogP contribution is -2.36. The molecule has 2 unspecified atom stereocenters. The average Bonchev–Trinajstić information content (AvgIpc) is 2.52. The van der Waals surface area contributed by atoms with Crippen LogP contribution in [0.1, 0.15) is 37.8 Å². The summed E-state index contributed by atoms with van der Waals surface area (Å²) >= 11 is 0. The SMILES string of the molecule is CCNC(c1c(OC)cccc1OC)C1CCCCO1. The van der Waals surface area contributed by atoms with Gasteiger partial charge in [-0.05, 0) is 37.9 Å². The highest BCUT2D eigenvalue weighted by Crippen LogP contribution is 2.38. The molecule has 1 aromatic rings. The number of likely N-dealkylation sites (N-methyl/N-ethyl adjacent to an activating group) is 1. The van der Waals surface area contributed by atoms with Crippen molar-refractivity contribution < 1.29 is 14.2 Å². The van der Waals surface area contributed by atoms with Gasteiger partial charge in [-0.2, -0.15) is 0 Å². The van der Waals surface area contributed by atoms with Gasteiger partial charge in [-0.1, -0.05) is 13.0 Å². The van der Waals surface area contributed by atoms with Gasteiger partial charge in [0.15, 0.2) is 0 Å². The van der Waals surface area contributed by atoms with Crippen molar-refractivity contribution in [1.82, 2.24) is 5.32 Å². The maximum atomic E-state index is 5.97. The topological polar surface area (TPSA) is 39.7 Å². The molecule has 0 saturated carbocycles. The van der Waals surface area contributed by atoms with E-state index >= 15 is 0 Å². The molecule has 0 bridgehead atoms. The Morgan fingerprint density at radius 1 is 1.25 bits per heavy atom. The summed E-state index contributed by atoms with van der Waals surface area (Å²) in [5.41, 5.74) is 1.06. The lowest BCUT2D eigenvalue weighted by Gasteiger charge is -2.32. The molecule has 112 valence electrons. The van der Waals surface area contributed by atoms with Gasteiger partial charge in [0, 0.05) is 6.61 Å². The molecule has 1 aromatic carbocycles. The first-order valence-electron chi connectivity index (χ1n) is 7.37. The Bertz CT molecular complexity index is 394. The standard InChI is InChI=1S/C16H25NO3/c1-4-17-16(14-8-5-6-11-20-14)15-12(18-2)9-7-10-13(15)19-3/h7,9-10,14,16-17H,4-6,8,11H2,1-3H3. The smallest absolute Gasteiger partial charge is 0.127 e. The van der Waals surface area contributed by atoms with Gasteiger partial charge in [0.25, 0.3) is 0 Å². The van der Waals surface area contributed by atoms with Crippen LogP contribution in [0.2, 0.25) is 0 Å². The summed E-state index contributed by atoms with van der Waals surface area (Å²) in [5, 5.41) is 3.53. The predicted octanol–water partition coefficient (Wildman–Crippen LogP) is 2.92. The molecule has 0 radical (unpaired) electrons. The zero-order chi connectivity index (χ0) is 14.4. The molecule has 0 amide bonds. The molecule has 1 heterocycles. The van der Waals surface area contributed by atoms with E-state index in [-0.39, 0.29) is 12.1 Å². The van der Waals surface area contributed by atoms with Gasteiger partial charge in [-0.3, -0.25) is 0 Å². The number of nitrogens with one attached hydrogen (secondary N) is 1. The zero-order valence-corrected chi connectivity index (χ0v) is 12.6. The van der Waals surface area contributed by atoms with Crippen molar-refractivity contribution in [2.45, 2.75) is 38.3 Å². The van der Waals surface area contributed by atoms with Crippen LogP contribution in [0, 0.1) is 0 Å². The Balaban J connectivity index is 2.36. The average molecular weight is 279 g/mol. The van der Waals surface area contributed by atoms with E-state index in [9.17, 15) is 0 Å². The molecule has 1 fully saturated rings. The number of benzene rings is 1. The molecule has 1 N–H and O–H groups in total. The molecule has 4 nitrogen and oxygen atoms in total. The van der Waals surface area contributed by atoms with E-state index in [1.54, 1.807) is 14.2 Å². The largest absolute Gasteiger partial charge is 0.496 e. The van der Waals surface area contributed by atoms with Crippen LogP contribution >= 0.6 is 0 Å². The van der Waals surface area contributed by atoms with Crippen molar-refractivity contribution in [3.8, 4) is 11.5 Å². The second-order valence-corrected chi connectivity index (χ2v) is 5.02. The second-order valence-electron chi connectivity index (χ2n) is 5.02. The molecule has 0 spiro atoms. The lowest BCUT2D eigenvalue weighted by molar-refractivity contribution is -0.00876. The monoisotopic (exact) mass is 279 g/mol. The highest BCUT2D eigenvalue weighted by molar-refractivity contribution is 5.47. The van der Waals surface area contributed by atoms with E-state index in [1.165, 1.54) is 6.42 Å². The van der Waals surface area contributed by atoms with Gasteiger partial charge in [0.1, 0.15) is 11.5 Å². The fourth-order valence-corrected chi connectivity index (χ4v) is 2.85. The normalized spacial score (nSPS) is 20.4. The van der Waals surface area contributed by atoms with Crippen LogP contribution in [-0.2, 0) is 4.74 Å². The van der Waals surface area contributed by atoms with E-state index in [0.717, 1.165) is 43.1 Å². The molecule has 20 heavy (non-hydrogen) atoms. The Hall–Kier alpha value is -1.26. The van der Waals surface area contributed by atoms with Gasteiger partial charge in [0.05, 0.1) is 31.9 Å². The number of rotatable bonds is 6. The third-order valence-electron chi connectivity index (χ3n) is 3.79. The van der Waals surface area contributed by atoms with E-state index < -0.39 is 0 Å². The zero-order valence-electron chi connectivity index (χ0n) is 12.6. The summed E-state index contributed by atoms with van der Waals surface area (Å²) in [7, 11) is 3.39. The van der Waals surface area contributed by atoms with E-state index in [0.29, 0.717) is 0 Å². The molecule has 1 saturated heterocycles. The molecule has 4 heteroatoms. The Kier molecular flexibility index (Phi) is 5.68. The molecule has 0 aliphatic carbocycles. The minimum Gasteiger partial charge on any atom is -0.496 e. The predicted molar refractivity (Wildman–Crippen MR) is 79.6 cm³/mol. The summed E-state index contributed by atoms with van der Waals surface area (Å²) in [6, 6.07) is 6.01. The third-order valence-corrected chi connectivity index (χ3v) is 3.79. The van der Waals surface area contributed by atoms with Gasteiger partial charge < -0.3 is 19.5 Å². The first-order chi connectivity index (χ1) is 9.81. The first-order valence-corrected chi connectivity index (χ1v) is 7.37. The fraction of sp³-hybridized carbons (Fsp3) is 0.625. The number of ether oxygens (including phenoxy) is 3. The molecule has 1 aliphatic heterocycles. The Morgan fingerprint density at radius 3 is 2.45 bits per heavy atom. The minimum absolute atomic E-state index is 0.103. The van der Waals surface area contributed by atoms with E-state index in [2.05, 4.69) is 12.2 Å². The van der Waals surface area contributed by atoms with E-state index in [4.69, 9.17) is 14.2 Å². The third kappa shape index (κ3) is 3.25. The van der Waals surface area contributed by atoms with Gasteiger partial charge in [-0.15, -0.1) is 0 Å². The van der Waals surface area contributed by atoms with E-state index in [1.807, 2.05) is 18.2 Å². The second kappa shape index (κ2) is 7.50. The van der Waals surface area contributed by atoms with Crippen molar-refractivity contribution in [2.24, 2.45) is 0 Å². The Labute approximate surface area is 121 Å². The lowest BCUT2D eigenvalue weighted by atomic mass is 9.94. The Morgan fingerprint density at radius 2 is 1.95 bits per heavy atom. The summed E-state index contributed by atoms with van der Waals surface area (Å²) < 4.78 is 17.0. The molecular weight excluding hydrogens is 254 g/mol. The highest BCUT2D eigenvalue weighted by Gasteiger charge is 2.30. The van der Waals surface area contributed by atoms with Crippen LogP contribution in [0.15, 0.2) is 18.2 Å². The fourth-order valence-electron chi connectivity index (χ4n) is 2.85. The summed E-state index contributed by atoms with van der Waals surface area (Å²) in [6.45, 7) is 3.83. The van der Waals surface area contributed by atoms with Crippen LogP contribution in [-0.4, -0.2) is 33.5 Å². The minimum atomic E-state index is 0.103. The number of hydrogen-bond donors (Lipinski definition) is 1. The molecule has 0 aromatic heterocycles. The highest BCUT2D eigenvalue weighted by atomic mass is 16.5. The van der Waals surface area contributed by atoms with Gasteiger partial charge >= 0.3 is 0 Å². The van der Waals surface area contributed by atoms with Gasteiger partial charge in [0.2, 0.25) is 0 Å². The van der Waals surface area contributed by atoms with Crippen molar-refractivity contribution in [3.05, 3.63) is 23.8 Å². The molecular formula is C16H25NO3. The summed E-state index contributed by atoms with van der Waals surface area (Å²) in [4.78, 5) is 0.